The third-order valence-corrected chi connectivity index (χ3v) is 6.92. The molecule has 1 aliphatic carbocycles. The summed E-state index contributed by atoms with van der Waals surface area (Å²) >= 11 is 0. The summed E-state index contributed by atoms with van der Waals surface area (Å²) in [7, 11) is 0. The number of nitrogens with zero attached hydrogens (tertiary/aromatic N) is 4. The Hall–Kier alpha value is -2.37. The van der Waals surface area contributed by atoms with Gasteiger partial charge < -0.3 is 14.4 Å². The van der Waals surface area contributed by atoms with Gasteiger partial charge in [-0.2, -0.15) is 0 Å². The van der Waals surface area contributed by atoms with E-state index in [1.165, 1.54) is 19.3 Å². The Morgan fingerprint density at radius 3 is 2.45 bits per heavy atom. The summed E-state index contributed by atoms with van der Waals surface area (Å²) < 4.78 is 2.07. The maximum atomic E-state index is 13.3. The van der Waals surface area contributed by atoms with E-state index < -0.39 is 0 Å². The predicted molar refractivity (Wildman–Crippen MR) is 123 cm³/mol. The molecule has 1 unspecified atom stereocenters. The van der Waals surface area contributed by atoms with Gasteiger partial charge in [0.05, 0.1) is 11.0 Å². The molecule has 1 aromatic heterocycles. The first-order valence-electron chi connectivity index (χ1n) is 11.9. The molecule has 2 heterocycles. The molecule has 0 N–H and O–H groups in total. The van der Waals surface area contributed by atoms with E-state index in [4.69, 9.17) is 4.98 Å². The minimum Gasteiger partial charge on any atom is -0.339 e. The van der Waals surface area contributed by atoms with Crippen molar-refractivity contribution in [3.63, 3.8) is 0 Å². The number of para-hydroxylation sites is 2. The second-order valence-corrected chi connectivity index (χ2v) is 9.77. The van der Waals surface area contributed by atoms with Crippen LogP contribution in [0.3, 0.4) is 0 Å². The van der Waals surface area contributed by atoms with Gasteiger partial charge in [0.1, 0.15) is 12.4 Å². The van der Waals surface area contributed by atoms with Crippen LogP contribution in [-0.2, 0) is 16.1 Å². The molecule has 0 radical (unpaired) electrons. The molecule has 31 heavy (non-hydrogen) atoms. The van der Waals surface area contributed by atoms with Crippen LogP contribution in [0.2, 0.25) is 0 Å². The average molecular weight is 425 g/mol. The van der Waals surface area contributed by atoms with Crippen LogP contribution in [0.25, 0.3) is 11.0 Å². The first kappa shape index (κ1) is 21.8. The predicted octanol–water partition coefficient (Wildman–Crippen LogP) is 4.33. The van der Waals surface area contributed by atoms with Gasteiger partial charge in [-0.3, -0.25) is 9.59 Å². The zero-order valence-electron chi connectivity index (χ0n) is 19.4. The van der Waals surface area contributed by atoms with Gasteiger partial charge in [-0.05, 0) is 52.7 Å². The maximum Gasteiger partial charge on any atom is 0.243 e. The fraction of sp³-hybridized carbons (Fsp3) is 0.640. The summed E-state index contributed by atoms with van der Waals surface area (Å²) in [5, 5.41) is 0. The maximum absolute atomic E-state index is 13.3. The van der Waals surface area contributed by atoms with E-state index in [1.807, 2.05) is 29.2 Å². The normalized spacial score (nSPS) is 20.4. The highest BCUT2D eigenvalue weighted by atomic mass is 16.2. The molecule has 1 saturated carbocycles. The van der Waals surface area contributed by atoms with Crippen LogP contribution in [0.1, 0.15) is 78.0 Å². The third-order valence-electron chi connectivity index (χ3n) is 6.92. The molecule has 6 nitrogen and oxygen atoms in total. The van der Waals surface area contributed by atoms with E-state index in [-0.39, 0.29) is 36.4 Å². The lowest BCUT2D eigenvalue weighted by Crippen LogP contribution is -2.44. The van der Waals surface area contributed by atoms with Gasteiger partial charge in [0.25, 0.3) is 0 Å². The number of benzene rings is 1. The summed E-state index contributed by atoms with van der Waals surface area (Å²) in [6.07, 6.45) is 6.43. The van der Waals surface area contributed by atoms with E-state index in [0.717, 1.165) is 36.2 Å². The highest BCUT2D eigenvalue weighted by molar-refractivity contribution is 5.83. The smallest absolute Gasteiger partial charge is 0.243 e. The zero-order chi connectivity index (χ0) is 22.1. The van der Waals surface area contributed by atoms with Crippen molar-refractivity contribution in [2.24, 2.45) is 0 Å². The average Bonchev–Trinajstić information content (AvgIpc) is 3.29. The van der Waals surface area contributed by atoms with Crippen LogP contribution in [-0.4, -0.2) is 55.8 Å². The minimum absolute atomic E-state index is 0.0428. The largest absolute Gasteiger partial charge is 0.339 e. The summed E-state index contributed by atoms with van der Waals surface area (Å²) in [6.45, 7) is 9.22. The second-order valence-electron chi connectivity index (χ2n) is 9.77. The summed E-state index contributed by atoms with van der Waals surface area (Å²) in [5.74, 6) is 1.27. The van der Waals surface area contributed by atoms with Crippen LogP contribution in [0.15, 0.2) is 24.3 Å². The molecule has 168 valence electrons. The van der Waals surface area contributed by atoms with Gasteiger partial charge in [-0.25, -0.2) is 4.98 Å². The zero-order valence-corrected chi connectivity index (χ0v) is 19.4. The van der Waals surface area contributed by atoms with E-state index in [9.17, 15) is 9.59 Å². The van der Waals surface area contributed by atoms with Gasteiger partial charge in [-0.1, -0.05) is 31.4 Å². The van der Waals surface area contributed by atoms with Crippen molar-refractivity contribution in [1.82, 2.24) is 19.4 Å². The Kier molecular flexibility index (Phi) is 6.35. The van der Waals surface area contributed by atoms with Gasteiger partial charge in [0, 0.05) is 37.0 Å². The van der Waals surface area contributed by atoms with Crippen molar-refractivity contribution in [3.8, 4) is 0 Å². The fourth-order valence-corrected chi connectivity index (χ4v) is 5.61. The van der Waals surface area contributed by atoms with E-state index in [2.05, 4.69) is 37.2 Å². The fourth-order valence-electron chi connectivity index (χ4n) is 5.61. The van der Waals surface area contributed by atoms with Crippen LogP contribution in [0, 0.1) is 0 Å². The number of carbonyl (C=O) groups is 2. The van der Waals surface area contributed by atoms with Crippen molar-refractivity contribution >= 4 is 22.8 Å². The number of hydrogen-bond donors (Lipinski definition) is 0. The molecular formula is C25H36N4O2. The number of likely N-dealkylation sites (tertiary alicyclic amines) is 1. The van der Waals surface area contributed by atoms with Gasteiger partial charge in [0.15, 0.2) is 0 Å². The van der Waals surface area contributed by atoms with Gasteiger partial charge in [-0.15, -0.1) is 0 Å². The lowest BCUT2D eigenvalue weighted by Gasteiger charge is -2.32. The van der Waals surface area contributed by atoms with Crippen LogP contribution >= 0.6 is 0 Å². The Morgan fingerprint density at radius 1 is 1.10 bits per heavy atom. The van der Waals surface area contributed by atoms with Crippen molar-refractivity contribution < 1.29 is 9.59 Å². The highest BCUT2D eigenvalue weighted by Gasteiger charge is 2.38. The molecule has 1 atom stereocenters. The van der Waals surface area contributed by atoms with Crippen LogP contribution in [0.4, 0.5) is 0 Å². The monoisotopic (exact) mass is 424 g/mol. The van der Waals surface area contributed by atoms with E-state index in [1.54, 1.807) is 0 Å². The minimum atomic E-state index is 0.0428. The molecule has 2 amide bonds. The van der Waals surface area contributed by atoms with Crippen molar-refractivity contribution in [1.29, 1.82) is 0 Å². The lowest BCUT2D eigenvalue weighted by molar-refractivity contribution is -0.135. The summed E-state index contributed by atoms with van der Waals surface area (Å²) in [6, 6.07) is 8.66. The molecule has 2 aromatic rings. The third kappa shape index (κ3) is 4.35. The molecule has 0 bridgehead atoms. The number of fused-ring (bicyclic) bond motifs is 1. The Balaban J connectivity index is 1.64. The molecule has 2 fully saturated rings. The molecular weight excluding hydrogens is 388 g/mol. The Labute approximate surface area is 185 Å². The van der Waals surface area contributed by atoms with Gasteiger partial charge in [0.2, 0.25) is 11.8 Å². The van der Waals surface area contributed by atoms with E-state index in [0.29, 0.717) is 12.5 Å². The molecule has 4 rings (SSSR count). The van der Waals surface area contributed by atoms with Crippen molar-refractivity contribution in [2.75, 3.05) is 6.54 Å². The standard InChI is InChI=1S/C25H36N4O2/c1-17(2)29(18(3)4)24(31)16-28-22-13-9-8-12-21(22)26-25(28)19-14-23(30)27(15-19)20-10-6-5-7-11-20/h8-9,12-13,17-20H,5-7,10-11,14-16H2,1-4H3. The number of hydrogen-bond acceptors (Lipinski definition) is 3. The van der Waals surface area contributed by atoms with Crippen LogP contribution in [0.5, 0.6) is 0 Å². The first-order chi connectivity index (χ1) is 14.9. The van der Waals surface area contributed by atoms with E-state index >= 15 is 0 Å². The van der Waals surface area contributed by atoms with Crippen molar-refractivity contribution in [2.45, 2.75) is 96.8 Å². The molecule has 1 aromatic carbocycles. The SMILES string of the molecule is CC(C)N(C(=O)Cn1c(C2CC(=O)N(C3CCCCC3)C2)nc2ccccc21)C(C)C. The molecule has 1 aliphatic heterocycles. The highest BCUT2D eigenvalue weighted by Crippen LogP contribution is 2.34. The summed E-state index contributed by atoms with van der Waals surface area (Å²) in [4.78, 5) is 35.1. The number of imidazole rings is 1. The number of aromatic nitrogens is 2. The van der Waals surface area contributed by atoms with Crippen molar-refractivity contribution in [3.05, 3.63) is 30.1 Å². The molecule has 1 saturated heterocycles. The number of carbonyl (C=O) groups excluding carboxylic acids is 2. The first-order valence-corrected chi connectivity index (χ1v) is 11.9. The molecule has 0 spiro atoms. The molecule has 6 heteroatoms. The number of rotatable bonds is 6. The Bertz CT molecular complexity index is 934. The lowest BCUT2D eigenvalue weighted by atomic mass is 9.94. The van der Waals surface area contributed by atoms with Crippen LogP contribution < -0.4 is 0 Å². The number of amides is 2. The quantitative estimate of drug-likeness (QED) is 0.693. The second kappa shape index (κ2) is 9.01. The Morgan fingerprint density at radius 2 is 1.77 bits per heavy atom. The molecule has 2 aliphatic rings. The van der Waals surface area contributed by atoms with Gasteiger partial charge >= 0.3 is 0 Å². The summed E-state index contributed by atoms with van der Waals surface area (Å²) in [5.41, 5.74) is 1.87. The topological polar surface area (TPSA) is 58.4 Å².